The van der Waals surface area contributed by atoms with Crippen LogP contribution in [0.15, 0.2) is 77.0 Å². The Labute approximate surface area is 204 Å². The maximum Gasteiger partial charge on any atom is 0.250 e. The number of nitrogens with zero attached hydrogens (tertiary/aromatic N) is 4. The first-order chi connectivity index (χ1) is 16.4. The summed E-state index contributed by atoms with van der Waals surface area (Å²) in [5, 5.41) is 4.76. The molecule has 7 heteroatoms. The van der Waals surface area contributed by atoms with Gasteiger partial charge < -0.3 is 4.57 Å². The lowest BCUT2D eigenvalue weighted by Crippen LogP contribution is -2.19. The van der Waals surface area contributed by atoms with Crippen molar-refractivity contribution in [3.63, 3.8) is 0 Å². The first-order valence-corrected chi connectivity index (χ1v) is 12.0. The van der Waals surface area contributed by atoms with Gasteiger partial charge in [0.15, 0.2) is 5.16 Å². The largest absolute Gasteiger partial charge is 0.318 e. The Morgan fingerprint density at radius 2 is 1.59 bits per heavy atom. The average Bonchev–Trinajstić information content (AvgIpc) is 3.10. The van der Waals surface area contributed by atoms with E-state index in [0.717, 1.165) is 34.0 Å². The molecular weight excluding hydrogens is 442 g/mol. The lowest BCUT2D eigenvalue weighted by molar-refractivity contribution is -0.118. The van der Waals surface area contributed by atoms with Crippen LogP contribution < -0.4 is 5.43 Å². The molecule has 34 heavy (non-hydrogen) atoms. The topological polar surface area (TPSA) is 72.2 Å². The van der Waals surface area contributed by atoms with Gasteiger partial charge in [0.1, 0.15) is 0 Å². The van der Waals surface area contributed by atoms with Crippen LogP contribution in [0.2, 0.25) is 0 Å². The maximum atomic E-state index is 12.2. The number of carbonyl (C=O) groups is 1. The van der Waals surface area contributed by atoms with Crippen molar-refractivity contribution in [2.24, 2.45) is 5.10 Å². The Hall–Kier alpha value is -3.71. The molecule has 2 aromatic heterocycles. The number of aromatic nitrogens is 3. The van der Waals surface area contributed by atoms with Gasteiger partial charge in [-0.1, -0.05) is 54.2 Å². The van der Waals surface area contributed by atoms with Crippen molar-refractivity contribution < 1.29 is 4.79 Å². The summed E-state index contributed by atoms with van der Waals surface area (Å²) in [6.45, 7) is 7.94. The smallest absolute Gasteiger partial charge is 0.250 e. The number of amides is 1. The van der Waals surface area contributed by atoms with Crippen molar-refractivity contribution in [1.29, 1.82) is 0 Å². The fourth-order valence-corrected chi connectivity index (χ4v) is 4.59. The fourth-order valence-electron chi connectivity index (χ4n) is 3.84. The number of rotatable bonds is 7. The van der Waals surface area contributed by atoms with E-state index in [9.17, 15) is 4.79 Å². The molecule has 0 bridgehead atoms. The first kappa shape index (κ1) is 23.4. The summed E-state index contributed by atoms with van der Waals surface area (Å²) in [6, 6.07) is 22.8. The fraction of sp³-hybridized carbons (Fsp3) is 0.185. The van der Waals surface area contributed by atoms with Gasteiger partial charge in [-0.3, -0.25) is 4.79 Å². The normalized spacial score (nSPS) is 11.2. The van der Waals surface area contributed by atoms with Crippen molar-refractivity contribution >= 4 is 23.9 Å². The van der Waals surface area contributed by atoms with Crippen LogP contribution in [-0.4, -0.2) is 32.4 Å². The summed E-state index contributed by atoms with van der Waals surface area (Å²) in [5.41, 5.74) is 10.9. The van der Waals surface area contributed by atoms with Crippen LogP contribution >= 0.6 is 11.8 Å². The lowest BCUT2D eigenvalue weighted by atomic mass is 10.1. The molecule has 0 atom stereocenters. The summed E-state index contributed by atoms with van der Waals surface area (Å²) in [6.07, 6.45) is 1.69. The predicted molar refractivity (Wildman–Crippen MR) is 139 cm³/mol. The Kier molecular flexibility index (Phi) is 7.23. The molecule has 0 aliphatic rings. The molecule has 0 radical (unpaired) electrons. The van der Waals surface area contributed by atoms with Gasteiger partial charge in [-0.05, 0) is 63.1 Å². The zero-order chi connectivity index (χ0) is 24.1. The second-order valence-corrected chi connectivity index (χ2v) is 9.03. The number of hydrogen-bond donors (Lipinski definition) is 1. The van der Waals surface area contributed by atoms with E-state index >= 15 is 0 Å². The minimum Gasteiger partial charge on any atom is -0.318 e. The molecule has 0 aliphatic heterocycles. The summed E-state index contributed by atoms with van der Waals surface area (Å²) < 4.78 is 2.19. The maximum absolute atomic E-state index is 12.2. The second-order valence-electron chi connectivity index (χ2n) is 8.09. The summed E-state index contributed by atoms with van der Waals surface area (Å²) in [4.78, 5) is 20.9. The van der Waals surface area contributed by atoms with E-state index in [2.05, 4.69) is 81.4 Å². The van der Waals surface area contributed by atoms with Gasteiger partial charge in [0, 0.05) is 34.0 Å². The SMILES string of the molecule is Cc1cc(C)nc(SCC(=O)N/N=C/c2cc(C)n(-c3ccc(-c4ccccc4)cc3)c2C)n1. The highest BCUT2D eigenvalue weighted by Crippen LogP contribution is 2.24. The molecule has 6 nitrogen and oxygen atoms in total. The van der Waals surface area contributed by atoms with Crippen molar-refractivity contribution in [3.8, 4) is 16.8 Å². The molecule has 0 saturated carbocycles. The number of benzene rings is 2. The zero-order valence-corrected chi connectivity index (χ0v) is 20.6. The highest BCUT2D eigenvalue weighted by Gasteiger charge is 2.10. The number of hydrogen-bond acceptors (Lipinski definition) is 5. The molecule has 1 amide bonds. The van der Waals surface area contributed by atoms with Gasteiger partial charge in [0.05, 0.1) is 12.0 Å². The van der Waals surface area contributed by atoms with E-state index < -0.39 is 0 Å². The van der Waals surface area contributed by atoms with Crippen LogP contribution in [0.1, 0.15) is 28.3 Å². The molecule has 0 unspecified atom stereocenters. The zero-order valence-electron chi connectivity index (χ0n) is 19.7. The molecule has 0 saturated heterocycles. The highest BCUT2D eigenvalue weighted by molar-refractivity contribution is 7.99. The molecule has 4 rings (SSSR count). The van der Waals surface area contributed by atoms with Gasteiger partial charge in [0.2, 0.25) is 0 Å². The third kappa shape index (κ3) is 5.61. The van der Waals surface area contributed by atoms with E-state index in [0.29, 0.717) is 5.16 Å². The molecule has 2 heterocycles. The molecule has 4 aromatic rings. The molecule has 0 fully saturated rings. The predicted octanol–water partition coefficient (Wildman–Crippen LogP) is 5.41. The Morgan fingerprint density at radius 1 is 0.941 bits per heavy atom. The van der Waals surface area contributed by atoms with E-state index in [4.69, 9.17) is 0 Å². The Balaban J connectivity index is 1.40. The van der Waals surface area contributed by atoms with Crippen LogP contribution in [0, 0.1) is 27.7 Å². The molecule has 2 aromatic carbocycles. The van der Waals surface area contributed by atoms with Gasteiger partial charge in [0.25, 0.3) is 5.91 Å². The van der Waals surface area contributed by atoms with E-state index in [1.807, 2.05) is 38.1 Å². The van der Waals surface area contributed by atoms with Crippen LogP contribution in [0.5, 0.6) is 0 Å². The molecule has 0 aliphatic carbocycles. The highest BCUT2D eigenvalue weighted by atomic mass is 32.2. The minimum absolute atomic E-state index is 0.200. The van der Waals surface area contributed by atoms with Crippen molar-refractivity contribution in [2.45, 2.75) is 32.9 Å². The minimum atomic E-state index is -0.200. The van der Waals surface area contributed by atoms with Gasteiger partial charge in [-0.15, -0.1) is 0 Å². The Bertz CT molecular complexity index is 1310. The van der Waals surface area contributed by atoms with E-state index in [1.165, 1.54) is 22.9 Å². The third-order valence-corrected chi connectivity index (χ3v) is 6.24. The summed E-state index contributed by atoms with van der Waals surface area (Å²) in [7, 11) is 0. The quantitative estimate of drug-likeness (QED) is 0.170. The molecule has 1 N–H and O–H groups in total. The third-order valence-electron chi connectivity index (χ3n) is 5.39. The van der Waals surface area contributed by atoms with Crippen LogP contribution in [0.3, 0.4) is 0 Å². The summed E-state index contributed by atoms with van der Waals surface area (Å²) in [5.74, 6) is 0.00170. The van der Waals surface area contributed by atoms with Crippen LogP contribution in [0.25, 0.3) is 16.8 Å². The van der Waals surface area contributed by atoms with Gasteiger partial charge in [-0.25, -0.2) is 15.4 Å². The number of nitrogens with one attached hydrogen (secondary N) is 1. The summed E-state index contributed by atoms with van der Waals surface area (Å²) >= 11 is 1.30. The number of thioether (sulfide) groups is 1. The number of aryl methyl sites for hydroxylation is 3. The number of hydrazone groups is 1. The lowest BCUT2D eigenvalue weighted by Gasteiger charge is -2.11. The Morgan fingerprint density at radius 3 is 2.26 bits per heavy atom. The van der Waals surface area contributed by atoms with Crippen LogP contribution in [-0.2, 0) is 4.79 Å². The van der Waals surface area contributed by atoms with E-state index in [-0.39, 0.29) is 11.7 Å². The van der Waals surface area contributed by atoms with E-state index in [1.54, 1.807) is 6.21 Å². The molecule has 172 valence electrons. The van der Waals surface area contributed by atoms with Crippen LogP contribution in [0.4, 0.5) is 0 Å². The monoisotopic (exact) mass is 469 g/mol. The van der Waals surface area contributed by atoms with Gasteiger partial charge >= 0.3 is 0 Å². The second kappa shape index (κ2) is 10.5. The molecule has 0 spiro atoms. The molecular formula is C27H27N5OS. The first-order valence-electron chi connectivity index (χ1n) is 11.0. The van der Waals surface area contributed by atoms with Crippen molar-refractivity contribution in [3.05, 3.63) is 95.1 Å². The van der Waals surface area contributed by atoms with Crippen molar-refractivity contribution in [2.75, 3.05) is 5.75 Å². The average molecular weight is 470 g/mol. The van der Waals surface area contributed by atoms with Gasteiger partial charge in [-0.2, -0.15) is 5.10 Å². The number of carbonyl (C=O) groups excluding carboxylic acids is 1. The van der Waals surface area contributed by atoms with Crippen molar-refractivity contribution in [1.82, 2.24) is 20.0 Å². The standard InChI is InChI=1S/C27H27N5OS/c1-18-14-19(2)30-27(29-18)34-17-26(33)31-28-16-24-15-20(3)32(21(24)4)25-12-10-23(11-13-25)22-8-6-5-7-9-22/h5-16H,17H2,1-4H3,(H,31,33)/b28-16+.